The van der Waals surface area contributed by atoms with Gasteiger partial charge in [-0.25, -0.2) is 9.78 Å². The summed E-state index contributed by atoms with van der Waals surface area (Å²) in [7, 11) is 0. The maximum Gasteiger partial charge on any atom is 0.573 e. The normalized spacial score (nSPS) is 14.1. The molecule has 6 nitrogen and oxygen atoms in total. The number of ether oxygens (including phenoxy) is 1. The van der Waals surface area contributed by atoms with Gasteiger partial charge in [-0.05, 0) is 53.1 Å². The minimum absolute atomic E-state index is 0.0209. The number of hydrogen-bond acceptors (Lipinski definition) is 4. The van der Waals surface area contributed by atoms with Gasteiger partial charge >= 0.3 is 12.4 Å². The lowest BCUT2D eigenvalue weighted by atomic mass is 10.0. The molecule has 0 bridgehead atoms. The van der Waals surface area contributed by atoms with Crippen molar-refractivity contribution in [3.05, 3.63) is 100 Å². The predicted molar refractivity (Wildman–Crippen MR) is 140 cm³/mol. The lowest BCUT2D eigenvalue weighted by Crippen LogP contribution is -2.34. The van der Waals surface area contributed by atoms with E-state index in [2.05, 4.69) is 19.9 Å². The van der Waals surface area contributed by atoms with E-state index >= 15 is 0 Å². The number of fused-ring (bicyclic) bond motifs is 3. The second kappa shape index (κ2) is 11.1. The topological polar surface area (TPSA) is 59.4 Å². The van der Waals surface area contributed by atoms with Crippen LogP contribution < -0.4 is 10.1 Å². The van der Waals surface area contributed by atoms with Crippen LogP contribution >= 0.6 is 11.6 Å². The van der Waals surface area contributed by atoms with E-state index in [1.165, 1.54) is 29.0 Å². The molecular weight excluding hydrogens is 536 g/mol. The highest BCUT2D eigenvalue weighted by Gasteiger charge is 2.34. The fraction of sp³-hybridized carbons (Fsp3) is 0.214. The first kappa shape index (κ1) is 26.7. The molecule has 2 aromatic carbocycles. The number of pyridine rings is 1. The summed E-state index contributed by atoms with van der Waals surface area (Å²) in [5.74, 6) is -1.04. The molecule has 1 amide bonds. The third kappa shape index (κ3) is 6.23. The molecule has 0 aliphatic carbocycles. The number of benzene rings is 2. The highest BCUT2D eigenvalue weighted by molar-refractivity contribution is 6.30. The smallest absolute Gasteiger partial charge is 0.405 e. The summed E-state index contributed by atoms with van der Waals surface area (Å²) in [6.45, 7) is 1.49. The number of amides is 1. The third-order valence-corrected chi connectivity index (χ3v) is 6.67. The van der Waals surface area contributed by atoms with Crippen LogP contribution in [0, 0.1) is 5.95 Å². The Balaban J connectivity index is 1.45. The molecule has 0 fully saturated rings. The zero-order chi connectivity index (χ0) is 27.6. The molecule has 1 N–H and O–H groups in total. The maximum atomic E-state index is 13.5. The maximum absolute atomic E-state index is 13.5. The van der Waals surface area contributed by atoms with Gasteiger partial charge in [-0.1, -0.05) is 42.0 Å². The van der Waals surface area contributed by atoms with E-state index in [0.717, 1.165) is 5.56 Å². The second-order valence-corrected chi connectivity index (χ2v) is 9.48. The summed E-state index contributed by atoms with van der Waals surface area (Å²) in [4.78, 5) is 18.9. The number of rotatable bonds is 6. The molecule has 11 heteroatoms. The molecule has 202 valence electrons. The van der Waals surface area contributed by atoms with Crippen LogP contribution in [0.3, 0.4) is 0 Å². The number of carbonyl (C=O) groups is 1. The van der Waals surface area contributed by atoms with Gasteiger partial charge in [0.1, 0.15) is 5.75 Å². The minimum atomic E-state index is -4.90. The van der Waals surface area contributed by atoms with Crippen LogP contribution in [0.25, 0.3) is 17.0 Å². The molecule has 0 saturated heterocycles. The highest BCUT2D eigenvalue weighted by Crippen LogP contribution is 2.38. The Morgan fingerprint density at radius 2 is 1.95 bits per heavy atom. The van der Waals surface area contributed by atoms with Crippen LogP contribution in [-0.4, -0.2) is 39.9 Å². The van der Waals surface area contributed by atoms with Gasteiger partial charge in [-0.3, -0.25) is 9.47 Å². The van der Waals surface area contributed by atoms with Crippen LogP contribution in [0.2, 0.25) is 5.02 Å². The summed E-state index contributed by atoms with van der Waals surface area (Å²) < 4.78 is 59.0. The fourth-order valence-electron chi connectivity index (χ4n) is 4.75. The fourth-order valence-corrected chi connectivity index (χ4v) is 4.88. The van der Waals surface area contributed by atoms with Crippen molar-refractivity contribution in [3.63, 3.8) is 0 Å². The largest absolute Gasteiger partial charge is 0.573 e. The highest BCUT2D eigenvalue weighted by atomic mass is 35.5. The standard InChI is InChI=1S/C28H23ClF4N4O2/c29-20-8-6-18(7-9-20)3-2-13-36-14-11-22-21(17-36)26-23(4-1-5-24(26)39-28(31,32)33)37(22)27(38)35-16-19-10-12-34-25(30)15-19/h1-10,12,15H,11,13-14,16-17H2,(H,35,38). The summed E-state index contributed by atoms with van der Waals surface area (Å²) in [5, 5.41) is 3.62. The van der Waals surface area contributed by atoms with Gasteiger partial charge in [0.25, 0.3) is 0 Å². The number of hydrogen-bond donors (Lipinski definition) is 1. The zero-order valence-corrected chi connectivity index (χ0v) is 21.3. The molecule has 0 radical (unpaired) electrons. The van der Waals surface area contributed by atoms with E-state index in [0.29, 0.717) is 53.4 Å². The van der Waals surface area contributed by atoms with Gasteiger partial charge in [0, 0.05) is 54.9 Å². The van der Waals surface area contributed by atoms with Crippen molar-refractivity contribution >= 4 is 34.6 Å². The summed E-state index contributed by atoms with van der Waals surface area (Å²) in [6, 6.07) is 13.9. The van der Waals surface area contributed by atoms with Crippen molar-refractivity contribution in [1.82, 2.24) is 19.8 Å². The van der Waals surface area contributed by atoms with Crippen LogP contribution in [0.5, 0.6) is 5.75 Å². The lowest BCUT2D eigenvalue weighted by Gasteiger charge is -2.27. The Hall–Kier alpha value is -3.89. The Morgan fingerprint density at radius 3 is 2.69 bits per heavy atom. The first-order valence-electron chi connectivity index (χ1n) is 12.1. The Bertz CT molecular complexity index is 1530. The van der Waals surface area contributed by atoms with Crippen LogP contribution in [0.15, 0.2) is 66.9 Å². The Kier molecular flexibility index (Phi) is 7.58. The monoisotopic (exact) mass is 558 g/mol. The second-order valence-electron chi connectivity index (χ2n) is 9.04. The molecule has 0 saturated carbocycles. The van der Waals surface area contributed by atoms with E-state index in [4.69, 9.17) is 11.6 Å². The van der Waals surface area contributed by atoms with Gasteiger partial charge in [0.2, 0.25) is 5.95 Å². The first-order valence-corrected chi connectivity index (χ1v) is 12.5. The average Bonchev–Trinajstić information content (AvgIpc) is 3.22. The molecule has 0 spiro atoms. The van der Waals surface area contributed by atoms with Gasteiger partial charge in [-0.2, -0.15) is 4.39 Å². The molecule has 1 aliphatic heterocycles. The number of alkyl halides is 3. The summed E-state index contributed by atoms with van der Waals surface area (Å²) >= 11 is 5.94. The third-order valence-electron chi connectivity index (χ3n) is 6.42. The van der Waals surface area contributed by atoms with Crippen molar-refractivity contribution in [3.8, 4) is 5.75 Å². The predicted octanol–water partition coefficient (Wildman–Crippen LogP) is 6.56. The minimum Gasteiger partial charge on any atom is -0.405 e. The van der Waals surface area contributed by atoms with E-state index in [1.807, 2.05) is 24.3 Å². The van der Waals surface area contributed by atoms with E-state index in [-0.39, 0.29) is 17.7 Å². The summed E-state index contributed by atoms with van der Waals surface area (Å²) in [5.41, 5.74) is 2.99. The number of aromatic nitrogens is 2. The number of halogens is 5. The Morgan fingerprint density at radius 1 is 1.15 bits per heavy atom. The first-order chi connectivity index (χ1) is 18.7. The lowest BCUT2D eigenvalue weighted by molar-refractivity contribution is -0.274. The molecule has 1 aliphatic rings. The molecule has 3 heterocycles. The van der Waals surface area contributed by atoms with E-state index < -0.39 is 18.3 Å². The van der Waals surface area contributed by atoms with Crippen LogP contribution in [0.1, 0.15) is 22.4 Å². The van der Waals surface area contributed by atoms with Gasteiger partial charge < -0.3 is 10.1 Å². The van der Waals surface area contributed by atoms with Gasteiger partial charge in [0.15, 0.2) is 0 Å². The number of nitrogens with one attached hydrogen (secondary N) is 1. The van der Waals surface area contributed by atoms with Crippen molar-refractivity contribution in [1.29, 1.82) is 0 Å². The molecule has 0 unspecified atom stereocenters. The van der Waals surface area contributed by atoms with Crippen LogP contribution in [0.4, 0.5) is 22.4 Å². The molecule has 39 heavy (non-hydrogen) atoms. The molecule has 5 rings (SSSR count). The van der Waals surface area contributed by atoms with Gasteiger partial charge in [0.05, 0.1) is 5.52 Å². The van der Waals surface area contributed by atoms with E-state index in [9.17, 15) is 22.4 Å². The summed E-state index contributed by atoms with van der Waals surface area (Å²) in [6.07, 6.45) is 0.748. The SMILES string of the molecule is O=C(NCc1ccnc(F)c1)n1c2c(c3c(OC(F)(F)F)cccc31)CN(CC=Cc1ccc(Cl)cc1)CC2. The van der Waals surface area contributed by atoms with Crippen molar-refractivity contribution in [2.75, 3.05) is 13.1 Å². The molecule has 4 aromatic rings. The average molecular weight is 559 g/mol. The molecule has 2 aromatic heterocycles. The van der Waals surface area contributed by atoms with Crippen molar-refractivity contribution < 1.29 is 27.1 Å². The quantitative estimate of drug-likeness (QED) is 0.215. The molecular formula is C28H23ClF4N4O2. The van der Waals surface area contributed by atoms with E-state index in [1.54, 1.807) is 24.3 Å². The Labute approximate surface area is 226 Å². The number of carbonyl (C=O) groups excluding carboxylic acids is 1. The number of nitrogens with zero attached hydrogens (tertiary/aromatic N) is 3. The van der Waals surface area contributed by atoms with Crippen LogP contribution in [-0.2, 0) is 19.5 Å². The van der Waals surface area contributed by atoms with Crippen molar-refractivity contribution in [2.45, 2.75) is 25.9 Å². The zero-order valence-electron chi connectivity index (χ0n) is 20.5. The molecule has 0 atom stereocenters. The van der Waals surface area contributed by atoms with Gasteiger partial charge in [-0.15, -0.1) is 13.2 Å². The van der Waals surface area contributed by atoms with Crippen molar-refractivity contribution in [2.24, 2.45) is 0 Å².